The van der Waals surface area contributed by atoms with Crippen molar-refractivity contribution in [3.63, 3.8) is 0 Å². The van der Waals surface area contributed by atoms with Gasteiger partial charge in [-0.3, -0.25) is 15.0 Å². The van der Waals surface area contributed by atoms with Gasteiger partial charge in [0.1, 0.15) is 0 Å². The molecule has 1 heterocycles. The molecule has 0 bridgehead atoms. The maximum absolute atomic E-state index is 12.8. The maximum Gasteiger partial charge on any atom is 0.307 e. The van der Waals surface area contributed by atoms with Crippen LogP contribution in [-0.2, 0) is 6.42 Å². The molecule has 0 saturated carbocycles. The van der Waals surface area contributed by atoms with Crippen molar-refractivity contribution >= 4 is 11.8 Å². The molecule has 0 aliphatic carbocycles. The third kappa shape index (κ3) is 4.16. The fraction of sp³-hybridized carbons (Fsp3) is 0.333. The number of aromatic nitrogens is 2. The van der Waals surface area contributed by atoms with Gasteiger partial charge in [-0.25, -0.2) is 15.0 Å². The molecule has 24 heavy (non-hydrogen) atoms. The average molecular weight is 326 g/mol. The van der Waals surface area contributed by atoms with E-state index in [4.69, 9.17) is 0 Å². The van der Waals surface area contributed by atoms with Gasteiger partial charge in [-0.2, -0.15) is 0 Å². The summed E-state index contributed by atoms with van der Waals surface area (Å²) in [5, 5.41) is 1.31. The smallest absolute Gasteiger partial charge is 0.267 e. The van der Waals surface area contributed by atoms with Crippen LogP contribution in [0.2, 0.25) is 0 Å². The Morgan fingerprint density at radius 2 is 1.67 bits per heavy atom. The highest BCUT2D eigenvalue weighted by Crippen LogP contribution is 2.16. The van der Waals surface area contributed by atoms with Gasteiger partial charge < -0.3 is 0 Å². The van der Waals surface area contributed by atoms with E-state index in [1.54, 1.807) is 18.2 Å². The number of amides is 2. The third-order valence-electron chi connectivity index (χ3n) is 3.47. The summed E-state index contributed by atoms with van der Waals surface area (Å²) in [6.07, 6.45) is 3.86. The van der Waals surface area contributed by atoms with Crippen molar-refractivity contribution in [2.24, 2.45) is 0 Å². The number of carbonyl (C=O) groups excluding carboxylic acids is 2. The van der Waals surface area contributed by atoms with Crippen LogP contribution in [0.3, 0.4) is 0 Å². The largest absolute Gasteiger partial charge is 0.307 e. The van der Waals surface area contributed by atoms with E-state index in [0.717, 1.165) is 12.0 Å². The Labute approximate surface area is 141 Å². The van der Waals surface area contributed by atoms with Gasteiger partial charge in [0.25, 0.3) is 5.91 Å². The van der Waals surface area contributed by atoms with Crippen LogP contribution < -0.4 is 5.43 Å². The number of nitrogens with zero attached hydrogens (tertiary/aromatic N) is 3. The quantitative estimate of drug-likeness (QED) is 0.880. The van der Waals surface area contributed by atoms with Gasteiger partial charge in [-0.05, 0) is 51.0 Å². The highest BCUT2D eigenvalue weighted by atomic mass is 16.2. The van der Waals surface area contributed by atoms with Gasteiger partial charge in [0.15, 0.2) is 0 Å². The summed E-state index contributed by atoms with van der Waals surface area (Å²) in [7, 11) is 0. The normalized spacial score (nSPS) is 11.0. The molecule has 126 valence electrons. The zero-order valence-corrected chi connectivity index (χ0v) is 14.4. The van der Waals surface area contributed by atoms with Gasteiger partial charge >= 0.3 is 5.91 Å². The molecular formula is C18H22N4O2. The minimum Gasteiger partial charge on any atom is -0.267 e. The SMILES string of the molecule is CCc1ccc(C(=O)N(NC(=O)c2ncccn2)C(C)(C)C)cc1. The number of hydrogen-bond acceptors (Lipinski definition) is 4. The highest BCUT2D eigenvalue weighted by Gasteiger charge is 2.30. The van der Waals surface area contributed by atoms with E-state index in [1.807, 2.05) is 32.9 Å². The molecule has 6 heteroatoms. The van der Waals surface area contributed by atoms with E-state index >= 15 is 0 Å². The molecule has 0 fully saturated rings. The van der Waals surface area contributed by atoms with Crippen LogP contribution >= 0.6 is 0 Å². The van der Waals surface area contributed by atoms with E-state index in [0.29, 0.717) is 5.56 Å². The second kappa shape index (κ2) is 7.21. The summed E-state index contributed by atoms with van der Waals surface area (Å²) in [6.45, 7) is 7.59. The molecule has 2 aromatic rings. The molecule has 0 aliphatic heterocycles. The van der Waals surface area contributed by atoms with E-state index in [-0.39, 0.29) is 11.7 Å². The van der Waals surface area contributed by atoms with Crippen molar-refractivity contribution in [3.05, 3.63) is 59.7 Å². The molecule has 0 radical (unpaired) electrons. The zero-order valence-electron chi connectivity index (χ0n) is 14.4. The second-order valence-electron chi connectivity index (χ2n) is 6.38. The molecule has 0 atom stereocenters. The first kappa shape index (κ1) is 17.6. The predicted octanol–water partition coefficient (Wildman–Crippen LogP) is 2.62. The van der Waals surface area contributed by atoms with Crippen LogP contribution in [0.1, 0.15) is 54.2 Å². The molecule has 0 saturated heterocycles. The lowest BCUT2D eigenvalue weighted by atomic mass is 10.0. The molecule has 2 rings (SSSR count). The molecule has 0 aliphatic rings. The van der Waals surface area contributed by atoms with Gasteiger partial charge in [0.2, 0.25) is 5.82 Å². The molecule has 6 nitrogen and oxygen atoms in total. The van der Waals surface area contributed by atoms with Crippen molar-refractivity contribution < 1.29 is 9.59 Å². The number of rotatable bonds is 3. The number of benzene rings is 1. The molecule has 0 spiro atoms. The van der Waals surface area contributed by atoms with E-state index < -0.39 is 11.4 Å². The first-order valence-electron chi connectivity index (χ1n) is 7.84. The van der Waals surface area contributed by atoms with Crippen molar-refractivity contribution in [1.82, 2.24) is 20.4 Å². The Kier molecular flexibility index (Phi) is 5.28. The minimum absolute atomic E-state index is 0.0147. The average Bonchev–Trinajstić information content (AvgIpc) is 2.58. The van der Waals surface area contributed by atoms with Crippen LogP contribution in [0, 0.1) is 0 Å². The highest BCUT2D eigenvalue weighted by molar-refractivity contribution is 5.98. The first-order chi connectivity index (χ1) is 11.3. The van der Waals surface area contributed by atoms with Crippen LogP contribution in [0.25, 0.3) is 0 Å². The van der Waals surface area contributed by atoms with E-state index in [2.05, 4.69) is 22.3 Å². The summed E-state index contributed by atoms with van der Waals surface area (Å²) in [5.74, 6) is -0.792. The Morgan fingerprint density at radius 3 is 2.17 bits per heavy atom. The van der Waals surface area contributed by atoms with Crippen LogP contribution in [0.15, 0.2) is 42.7 Å². The second-order valence-corrected chi connectivity index (χ2v) is 6.38. The summed E-state index contributed by atoms with van der Waals surface area (Å²) in [5.41, 5.74) is 3.67. The van der Waals surface area contributed by atoms with Crippen molar-refractivity contribution in [1.29, 1.82) is 0 Å². The fourth-order valence-corrected chi connectivity index (χ4v) is 2.10. The zero-order chi connectivity index (χ0) is 17.7. The molecule has 2 amide bonds. The van der Waals surface area contributed by atoms with Crippen LogP contribution in [0.5, 0.6) is 0 Å². The topological polar surface area (TPSA) is 75.2 Å². The summed E-state index contributed by atoms with van der Waals surface area (Å²) in [6, 6.07) is 8.99. The lowest BCUT2D eigenvalue weighted by Crippen LogP contribution is -2.56. The lowest BCUT2D eigenvalue weighted by molar-refractivity contribution is 0.0354. The first-order valence-corrected chi connectivity index (χ1v) is 7.84. The number of nitrogens with one attached hydrogen (secondary N) is 1. The van der Waals surface area contributed by atoms with Gasteiger partial charge in [-0.15, -0.1) is 0 Å². The Bertz CT molecular complexity index is 706. The van der Waals surface area contributed by atoms with Crippen molar-refractivity contribution in [2.75, 3.05) is 0 Å². The van der Waals surface area contributed by atoms with E-state index in [9.17, 15) is 9.59 Å². The molecule has 1 aromatic heterocycles. The van der Waals surface area contributed by atoms with E-state index in [1.165, 1.54) is 17.4 Å². The Morgan fingerprint density at radius 1 is 1.08 bits per heavy atom. The number of hydrogen-bond donors (Lipinski definition) is 1. The monoisotopic (exact) mass is 326 g/mol. The predicted molar refractivity (Wildman–Crippen MR) is 91.2 cm³/mol. The third-order valence-corrected chi connectivity index (χ3v) is 3.47. The molecule has 1 aromatic carbocycles. The number of carbonyl (C=O) groups is 2. The number of hydrazine groups is 1. The molecule has 0 unspecified atom stereocenters. The van der Waals surface area contributed by atoms with Gasteiger partial charge in [-0.1, -0.05) is 19.1 Å². The summed E-state index contributed by atoms with van der Waals surface area (Å²) in [4.78, 5) is 33.0. The molecular weight excluding hydrogens is 304 g/mol. The summed E-state index contributed by atoms with van der Waals surface area (Å²) < 4.78 is 0. The van der Waals surface area contributed by atoms with Crippen molar-refractivity contribution in [2.45, 2.75) is 39.7 Å². The van der Waals surface area contributed by atoms with Crippen LogP contribution in [0.4, 0.5) is 0 Å². The Balaban J connectivity index is 2.24. The van der Waals surface area contributed by atoms with Gasteiger partial charge in [0, 0.05) is 18.0 Å². The minimum atomic E-state index is -0.606. The van der Waals surface area contributed by atoms with Crippen LogP contribution in [-0.4, -0.2) is 32.3 Å². The maximum atomic E-state index is 12.8. The number of aryl methyl sites for hydroxylation is 1. The van der Waals surface area contributed by atoms with Crippen molar-refractivity contribution in [3.8, 4) is 0 Å². The lowest BCUT2D eigenvalue weighted by Gasteiger charge is -2.35. The standard InChI is InChI=1S/C18H22N4O2/c1-5-13-7-9-14(10-8-13)17(24)22(18(2,3)4)21-16(23)15-19-11-6-12-20-15/h6-12H,5H2,1-4H3,(H,21,23). The Hall–Kier alpha value is -2.76. The molecule has 1 N–H and O–H groups in total. The summed E-state index contributed by atoms with van der Waals surface area (Å²) >= 11 is 0. The fourth-order valence-electron chi connectivity index (χ4n) is 2.10. The van der Waals surface area contributed by atoms with Gasteiger partial charge in [0.05, 0.1) is 5.54 Å².